The summed E-state index contributed by atoms with van der Waals surface area (Å²) in [6.45, 7) is 5.91. The lowest BCUT2D eigenvalue weighted by molar-refractivity contribution is 0.147. The van der Waals surface area contributed by atoms with Crippen molar-refractivity contribution in [1.29, 1.82) is 0 Å². The van der Waals surface area contributed by atoms with Crippen LogP contribution in [0, 0.1) is 0 Å². The van der Waals surface area contributed by atoms with E-state index in [1.165, 1.54) is 77.0 Å². The Morgan fingerprint density at radius 1 is 0.810 bits per heavy atom. The average molecular weight is 295 g/mol. The number of aliphatic hydroxyl groups is 1. The van der Waals surface area contributed by atoms with E-state index in [-0.39, 0.29) is 6.10 Å². The van der Waals surface area contributed by atoms with Gasteiger partial charge in [0.1, 0.15) is 0 Å². The van der Waals surface area contributed by atoms with Gasteiger partial charge in [-0.25, -0.2) is 0 Å². The standard InChI is InChI=1S/C20H38O/c1-3-5-7-9-10-11-12-13-15-17-19-20(21)18-16-14-8-6-4-2/h3,5,7,20-21H,1,4,6,8-19H2,2H3/b7-5-. The first kappa shape index (κ1) is 20.4. The molecular weight excluding hydrogens is 256 g/mol. The minimum absolute atomic E-state index is 0.0457. The number of unbranched alkanes of at least 4 members (excludes halogenated alkanes) is 10. The van der Waals surface area contributed by atoms with E-state index in [0.717, 1.165) is 12.8 Å². The number of aliphatic hydroxyl groups excluding tert-OH is 1. The molecule has 0 aliphatic heterocycles. The molecule has 0 bridgehead atoms. The van der Waals surface area contributed by atoms with Gasteiger partial charge in [-0.1, -0.05) is 95.9 Å². The van der Waals surface area contributed by atoms with E-state index >= 15 is 0 Å². The van der Waals surface area contributed by atoms with Gasteiger partial charge in [0.25, 0.3) is 0 Å². The Labute approximate surface area is 133 Å². The van der Waals surface area contributed by atoms with Crippen LogP contribution < -0.4 is 0 Å². The van der Waals surface area contributed by atoms with Gasteiger partial charge in [-0.3, -0.25) is 0 Å². The zero-order valence-electron chi connectivity index (χ0n) is 14.4. The molecule has 0 aromatic heterocycles. The topological polar surface area (TPSA) is 20.2 Å². The maximum absolute atomic E-state index is 9.91. The Morgan fingerprint density at radius 3 is 1.90 bits per heavy atom. The van der Waals surface area contributed by atoms with Crippen LogP contribution in [-0.4, -0.2) is 11.2 Å². The van der Waals surface area contributed by atoms with Crippen LogP contribution in [0.2, 0.25) is 0 Å². The van der Waals surface area contributed by atoms with Gasteiger partial charge in [0.15, 0.2) is 0 Å². The van der Waals surface area contributed by atoms with Crippen LogP contribution in [0.3, 0.4) is 0 Å². The van der Waals surface area contributed by atoms with Crippen LogP contribution in [-0.2, 0) is 0 Å². The summed E-state index contributed by atoms with van der Waals surface area (Å²) in [5, 5.41) is 9.91. The molecule has 1 heteroatoms. The summed E-state index contributed by atoms with van der Waals surface area (Å²) in [5.41, 5.74) is 0. The summed E-state index contributed by atoms with van der Waals surface area (Å²) in [6, 6.07) is 0. The van der Waals surface area contributed by atoms with Crippen LogP contribution in [0.4, 0.5) is 0 Å². The lowest BCUT2D eigenvalue weighted by Crippen LogP contribution is -2.05. The van der Waals surface area contributed by atoms with Gasteiger partial charge >= 0.3 is 0 Å². The Hall–Kier alpha value is -0.560. The lowest BCUT2D eigenvalue weighted by Gasteiger charge is -2.10. The molecule has 0 spiro atoms. The molecule has 0 saturated carbocycles. The highest BCUT2D eigenvalue weighted by atomic mass is 16.3. The highest BCUT2D eigenvalue weighted by Crippen LogP contribution is 2.14. The minimum Gasteiger partial charge on any atom is -0.393 e. The van der Waals surface area contributed by atoms with Gasteiger partial charge in [-0.2, -0.15) is 0 Å². The molecule has 1 N–H and O–H groups in total. The molecule has 0 saturated heterocycles. The van der Waals surface area contributed by atoms with Gasteiger partial charge in [0.05, 0.1) is 6.10 Å². The summed E-state index contributed by atoms with van der Waals surface area (Å²) >= 11 is 0. The largest absolute Gasteiger partial charge is 0.393 e. The predicted molar refractivity (Wildman–Crippen MR) is 95.7 cm³/mol. The van der Waals surface area contributed by atoms with E-state index in [9.17, 15) is 5.11 Å². The smallest absolute Gasteiger partial charge is 0.0540 e. The van der Waals surface area contributed by atoms with E-state index in [1.54, 1.807) is 0 Å². The fourth-order valence-corrected chi connectivity index (χ4v) is 2.67. The van der Waals surface area contributed by atoms with Crippen molar-refractivity contribution in [2.24, 2.45) is 0 Å². The van der Waals surface area contributed by atoms with E-state index in [0.29, 0.717) is 0 Å². The van der Waals surface area contributed by atoms with Crippen molar-refractivity contribution in [3.05, 3.63) is 24.8 Å². The quantitative estimate of drug-likeness (QED) is 0.252. The molecule has 0 fully saturated rings. The second kappa shape index (κ2) is 17.5. The van der Waals surface area contributed by atoms with Gasteiger partial charge in [-0.15, -0.1) is 0 Å². The van der Waals surface area contributed by atoms with Crippen LogP contribution >= 0.6 is 0 Å². The van der Waals surface area contributed by atoms with Crippen molar-refractivity contribution in [3.63, 3.8) is 0 Å². The monoisotopic (exact) mass is 294 g/mol. The molecule has 1 atom stereocenters. The molecule has 21 heavy (non-hydrogen) atoms. The maximum Gasteiger partial charge on any atom is 0.0540 e. The van der Waals surface area contributed by atoms with E-state index < -0.39 is 0 Å². The third-order valence-electron chi connectivity index (χ3n) is 4.07. The molecule has 0 rings (SSSR count). The Balaban J connectivity index is 3.15. The molecule has 0 aliphatic carbocycles. The van der Waals surface area contributed by atoms with Crippen molar-refractivity contribution in [1.82, 2.24) is 0 Å². The second-order valence-corrected chi connectivity index (χ2v) is 6.22. The number of rotatable bonds is 16. The van der Waals surface area contributed by atoms with Gasteiger partial charge in [0, 0.05) is 0 Å². The molecule has 0 heterocycles. The summed E-state index contributed by atoms with van der Waals surface area (Å²) in [5.74, 6) is 0. The van der Waals surface area contributed by atoms with Crippen molar-refractivity contribution >= 4 is 0 Å². The third-order valence-corrected chi connectivity index (χ3v) is 4.07. The number of hydrogen-bond donors (Lipinski definition) is 1. The highest BCUT2D eigenvalue weighted by Gasteiger charge is 2.03. The Kier molecular flexibility index (Phi) is 17.0. The normalized spacial score (nSPS) is 12.9. The van der Waals surface area contributed by atoms with Crippen LogP contribution in [0.1, 0.15) is 96.8 Å². The Bertz CT molecular complexity index is 232. The number of hydrogen-bond acceptors (Lipinski definition) is 1. The zero-order valence-corrected chi connectivity index (χ0v) is 14.4. The molecule has 0 radical (unpaired) electrons. The second-order valence-electron chi connectivity index (χ2n) is 6.22. The van der Waals surface area contributed by atoms with Crippen LogP contribution in [0.25, 0.3) is 0 Å². The maximum atomic E-state index is 9.91. The molecule has 0 aromatic rings. The lowest BCUT2D eigenvalue weighted by atomic mass is 10.0. The fraction of sp³-hybridized carbons (Fsp3) is 0.800. The summed E-state index contributed by atoms with van der Waals surface area (Å²) in [7, 11) is 0. The van der Waals surface area contributed by atoms with Crippen molar-refractivity contribution in [2.75, 3.05) is 0 Å². The summed E-state index contributed by atoms with van der Waals surface area (Å²) < 4.78 is 0. The number of allylic oxidation sites excluding steroid dienone is 3. The van der Waals surface area contributed by atoms with Crippen LogP contribution in [0.15, 0.2) is 24.8 Å². The molecule has 1 unspecified atom stereocenters. The molecule has 124 valence electrons. The SMILES string of the molecule is C=C/C=C\CCCCCCCCC(O)CCCCCCC. The van der Waals surface area contributed by atoms with Gasteiger partial charge in [-0.05, 0) is 25.7 Å². The molecular formula is C20H38O. The summed E-state index contributed by atoms with van der Waals surface area (Å²) in [4.78, 5) is 0. The van der Waals surface area contributed by atoms with Crippen molar-refractivity contribution in [3.8, 4) is 0 Å². The van der Waals surface area contributed by atoms with Crippen LogP contribution in [0.5, 0.6) is 0 Å². The molecule has 0 aromatic carbocycles. The van der Waals surface area contributed by atoms with E-state index in [1.807, 2.05) is 12.2 Å². The predicted octanol–water partition coefficient (Wildman–Crippen LogP) is 6.57. The van der Waals surface area contributed by atoms with Gasteiger partial charge < -0.3 is 5.11 Å². The molecule has 1 nitrogen and oxygen atoms in total. The van der Waals surface area contributed by atoms with E-state index in [4.69, 9.17) is 0 Å². The first-order chi connectivity index (χ1) is 10.3. The minimum atomic E-state index is -0.0457. The highest BCUT2D eigenvalue weighted by molar-refractivity contribution is 4.96. The summed E-state index contributed by atoms with van der Waals surface area (Å²) in [6.07, 6.45) is 23.5. The zero-order chi connectivity index (χ0) is 15.6. The Morgan fingerprint density at radius 2 is 1.33 bits per heavy atom. The fourth-order valence-electron chi connectivity index (χ4n) is 2.67. The molecule has 0 aliphatic rings. The first-order valence-electron chi connectivity index (χ1n) is 9.26. The average Bonchev–Trinajstić information content (AvgIpc) is 2.49. The third kappa shape index (κ3) is 17.4. The van der Waals surface area contributed by atoms with Crippen molar-refractivity contribution in [2.45, 2.75) is 103 Å². The van der Waals surface area contributed by atoms with Crippen molar-refractivity contribution < 1.29 is 5.11 Å². The first-order valence-corrected chi connectivity index (χ1v) is 9.26. The molecule has 0 amide bonds. The van der Waals surface area contributed by atoms with Gasteiger partial charge in [0.2, 0.25) is 0 Å². The van der Waals surface area contributed by atoms with E-state index in [2.05, 4.69) is 19.6 Å².